The van der Waals surface area contributed by atoms with E-state index in [0.717, 1.165) is 19.0 Å². The third-order valence-electron chi connectivity index (χ3n) is 2.20. The first kappa shape index (κ1) is 12.6. The van der Waals surface area contributed by atoms with Gasteiger partial charge in [-0.15, -0.1) is 0 Å². The second-order valence-electron chi connectivity index (χ2n) is 4.29. The van der Waals surface area contributed by atoms with Crippen LogP contribution >= 0.6 is 0 Å². The molecular formula is C10H18FN5. The summed E-state index contributed by atoms with van der Waals surface area (Å²) in [4.78, 5) is 7.60. The van der Waals surface area contributed by atoms with Crippen LogP contribution in [0.2, 0.25) is 0 Å². The van der Waals surface area contributed by atoms with Crippen molar-refractivity contribution in [3.8, 4) is 0 Å². The van der Waals surface area contributed by atoms with Crippen molar-refractivity contribution in [2.45, 2.75) is 39.2 Å². The molecule has 1 rings (SSSR count). The molecule has 0 bridgehead atoms. The van der Waals surface area contributed by atoms with Crippen LogP contribution in [0.25, 0.3) is 0 Å². The van der Waals surface area contributed by atoms with Crippen LogP contribution in [0.15, 0.2) is 6.20 Å². The molecule has 16 heavy (non-hydrogen) atoms. The van der Waals surface area contributed by atoms with Gasteiger partial charge in [0.1, 0.15) is 0 Å². The topological polar surface area (TPSA) is 75.9 Å². The first-order chi connectivity index (χ1) is 7.48. The lowest BCUT2D eigenvalue weighted by Gasteiger charge is -2.26. The Morgan fingerprint density at radius 1 is 1.50 bits per heavy atom. The Morgan fingerprint density at radius 2 is 2.19 bits per heavy atom. The van der Waals surface area contributed by atoms with Gasteiger partial charge in [-0.1, -0.05) is 13.3 Å². The summed E-state index contributed by atoms with van der Waals surface area (Å²) in [7, 11) is 0. The van der Waals surface area contributed by atoms with E-state index in [1.807, 2.05) is 13.8 Å². The van der Waals surface area contributed by atoms with Gasteiger partial charge >= 0.3 is 0 Å². The van der Waals surface area contributed by atoms with E-state index in [4.69, 9.17) is 5.84 Å². The molecule has 0 fully saturated rings. The van der Waals surface area contributed by atoms with Crippen LogP contribution in [0.3, 0.4) is 0 Å². The van der Waals surface area contributed by atoms with Crippen LogP contribution in [-0.4, -0.2) is 15.5 Å². The Morgan fingerprint density at radius 3 is 2.75 bits per heavy atom. The summed E-state index contributed by atoms with van der Waals surface area (Å²) in [5, 5.41) is 3.04. The number of halogens is 1. The van der Waals surface area contributed by atoms with E-state index < -0.39 is 5.82 Å². The van der Waals surface area contributed by atoms with Crippen LogP contribution < -0.4 is 16.6 Å². The fraction of sp³-hybridized carbons (Fsp3) is 0.600. The average molecular weight is 227 g/mol. The van der Waals surface area contributed by atoms with Gasteiger partial charge in [0.15, 0.2) is 11.6 Å². The molecule has 90 valence electrons. The van der Waals surface area contributed by atoms with Gasteiger partial charge in [0.25, 0.3) is 0 Å². The van der Waals surface area contributed by atoms with Crippen LogP contribution in [0, 0.1) is 5.82 Å². The number of nitrogen functional groups attached to an aromatic ring is 1. The van der Waals surface area contributed by atoms with Crippen molar-refractivity contribution in [2.24, 2.45) is 5.84 Å². The summed E-state index contributed by atoms with van der Waals surface area (Å²) < 4.78 is 13.4. The number of rotatable bonds is 5. The van der Waals surface area contributed by atoms with Gasteiger partial charge in [0.2, 0.25) is 5.95 Å². The molecule has 0 atom stereocenters. The van der Waals surface area contributed by atoms with Crippen molar-refractivity contribution in [1.82, 2.24) is 9.97 Å². The monoisotopic (exact) mass is 227 g/mol. The third kappa shape index (κ3) is 3.30. The van der Waals surface area contributed by atoms with E-state index >= 15 is 0 Å². The minimum atomic E-state index is -0.483. The van der Waals surface area contributed by atoms with Crippen LogP contribution in [-0.2, 0) is 0 Å². The molecule has 4 N–H and O–H groups in total. The van der Waals surface area contributed by atoms with Crippen LogP contribution in [0.5, 0.6) is 0 Å². The second-order valence-corrected chi connectivity index (χ2v) is 4.29. The van der Waals surface area contributed by atoms with Crippen LogP contribution in [0.1, 0.15) is 33.6 Å². The normalized spacial score (nSPS) is 11.3. The number of hydrogen-bond acceptors (Lipinski definition) is 5. The highest BCUT2D eigenvalue weighted by Crippen LogP contribution is 2.20. The minimum absolute atomic E-state index is 0.168. The second kappa shape index (κ2) is 5.07. The number of nitrogens with zero attached hydrogens (tertiary/aromatic N) is 2. The van der Waals surface area contributed by atoms with Gasteiger partial charge in [0.05, 0.1) is 6.20 Å². The highest BCUT2D eigenvalue weighted by atomic mass is 19.1. The molecule has 6 heteroatoms. The van der Waals surface area contributed by atoms with E-state index in [0.29, 0.717) is 0 Å². The Hall–Kier alpha value is -1.43. The average Bonchev–Trinajstić information content (AvgIpc) is 2.21. The van der Waals surface area contributed by atoms with E-state index in [2.05, 4.69) is 27.6 Å². The van der Waals surface area contributed by atoms with Crippen LogP contribution in [0.4, 0.5) is 16.2 Å². The predicted molar refractivity (Wildman–Crippen MR) is 62.4 cm³/mol. The first-order valence-corrected chi connectivity index (χ1v) is 5.26. The maximum Gasteiger partial charge on any atom is 0.239 e. The lowest BCUT2D eigenvalue weighted by Crippen LogP contribution is -2.31. The molecule has 1 aromatic rings. The maximum absolute atomic E-state index is 13.4. The summed E-state index contributed by atoms with van der Waals surface area (Å²) in [6.45, 7) is 6.06. The summed E-state index contributed by atoms with van der Waals surface area (Å²) >= 11 is 0. The molecule has 0 unspecified atom stereocenters. The highest BCUT2D eigenvalue weighted by Gasteiger charge is 2.19. The predicted octanol–water partition coefficient (Wildman–Crippen LogP) is 1.89. The summed E-state index contributed by atoms with van der Waals surface area (Å²) in [6, 6.07) is 0. The van der Waals surface area contributed by atoms with Gasteiger partial charge in [-0.2, -0.15) is 4.98 Å². The Balaban J connectivity index is 2.87. The highest BCUT2D eigenvalue weighted by molar-refractivity contribution is 5.42. The molecule has 0 aromatic carbocycles. The first-order valence-electron chi connectivity index (χ1n) is 5.26. The van der Waals surface area contributed by atoms with Crippen molar-refractivity contribution in [1.29, 1.82) is 0 Å². The standard InChI is InChI=1S/C10H18FN5/c1-4-5-10(2,3)15-8-7(11)6-13-9(14-8)16-12/h6H,4-5,12H2,1-3H3,(H2,13,14,15,16). The molecule has 1 aromatic heterocycles. The van der Waals surface area contributed by atoms with Crippen molar-refractivity contribution >= 4 is 11.8 Å². The Labute approximate surface area is 94.6 Å². The SMILES string of the molecule is CCCC(C)(C)Nc1nc(NN)ncc1F. The number of hydrogen-bond donors (Lipinski definition) is 3. The summed E-state index contributed by atoms with van der Waals surface area (Å²) in [6.07, 6.45) is 3.02. The Kier molecular flexibility index (Phi) is 4.00. The number of nitrogens with one attached hydrogen (secondary N) is 2. The summed E-state index contributed by atoms with van der Waals surface area (Å²) in [5.41, 5.74) is 2.07. The third-order valence-corrected chi connectivity index (χ3v) is 2.20. The lowest BCUT2D eigenvalue weighted by atomic mass is 9.99. The maximum atomic E-state index is 13.4. The molecule has 0 saturated heterocycles. The number of aromatic nitrogens is 2. The summed E-state index contributed by atoms with van der Waals surface area (Å²) in [5.74, 6) is 5.04. The van der Waals surface area contributed by atoms with E-state index in [1.165, 1.54) is 0 Å². The minimum Gasteiger partial charge on any atom is -0.363 e. The molecular weight excluding hydrogens is 209 g/mol. The molecule has 0 aliphatic heterocycles. The van der Waals surface area contributed by atoms with Crippen molar-refractivity contribution in [3.63, 3.8) is 0 Å². The van der Waals surface area contributed by atoms with Crippen molar-refractivity contribution in [3.05, 3.63) is 12.0 Å². The number of anilines is 2. The molecule has 0 aliphatic rings. The van der Waals surface area contributed by atoms with Gasteiger partial charge < -0.3 is 5.32 Å². The fourth-order valence-corrected chi connectivity index (χ4v) is 1.53. The quantitative estimate of drug-likeness (QED) is 0.529. The van der Waals surface area contributed by atoms with Gasteiger partial charge in [0, 0.05) is 5.54 Å². The largest absolute Gasteiger partial charge is 0.363 e. The van der Waals surface area contributed by atoms with Crippen molar-refractivity contribution in [2.75, 3.05) is 10.7 Å². The molecule has 0 spiro atoms. The zero-order valence-electron chi connectivity index (χ0n) is 9.84. The lowest BCUT2D eigenvalue weighted by molar-refractivity contribution is 0.501. The molecule has 0 radical (unpaired) electrons. The fourth-order valence-electron chi connectivity index (χ4n) is 1.53. The van der Waals surface area contributed by atoms with Gasteiger partial charge in [-0.25, -0.2) is 15.2 Å². The van der Waals surface area contributed by atoms with Gasteiger partial charge in [-0.05, 0) is 20.3 Å². The molecule has 0 aliphatic carbocycles. The molecule has 0 amide bonds. The van der Waals surface area contributed by atoms with Crippen molar-refractivity contribution < 1.29 is 4.39 Å². The number of nitrogens with two attached hydrogens (primary N) is 1. The molecule has 5 nitrogen and oxygen atoms in total. The van der Waals surface area contributed by atoms with E-state index in [-0.39, 0.29) is 17.3 Å². The van der Waals surface area contributed by atoms with E-state index in [1.54, 1.807) is 0 Å². The molecule has 1 heterocycles. The Bertz CT molecular complexity index is 353. The zero-order valence-corrected chi connectivity index (χ0v) is 9.84. The number of hydrazine groups is 1. The van der Waals surface area contributed by atoms with Gasteiger partial charge in [-0.3, -0.25) is 5.43 Å². The molecule has 0 saturated carbocycles. The van der Waals surface area contributed by atoms with E-state index in [9.17, 15) is 4.39 Å². The zero-order chi connectivity index (χ0) is 12.2. The smallest absolute Gasteiger partial charge is 0.239 e.